The van der Waals surface area contributed by atoms with E-state index in [-0.39, 0.29) is 16.8 Å². The first-order valence-electron chi connectivity index (χ1n) is 4.00. The van der Waals surface area contributed by atoms with Crippen molar-refractivity contribution in [2.75, 3.05) is 13.6 Å². The predicted octanol–water partition coefficient (Wildman–Crippen LogP) is 1.39. The molecular formula is C9H10ClN3O. The third kappa shape index (κ3) is 2.53. The minimum atomic E-state index is -0.200. The molecule has 74 valence electrons. The van der Waals surface area contributed by atoms with E-state index in [1.807, 2.05) is 0 Å². The van der Waals surface area contributed by atoms with Crippen molar-refractivity contribution in [1.29, 1.82) is 0 Å². The van der Waals surface area contributed by atoms with Gasteiger partial charge in [-0.3, -0.25) is 4.79 Å². The fourth-order valence-electron chi connectivity index (χ4n) is 0.902. The number of carbonyl (C=O) groups is 1. The average Bonchev–Trinajstić information content (AvgIpc) is 2.18. The molecule has 5 heteroatoms. The number of rotatable bonds is 3. The van der Waals surface area contributed by atoms with Crippen LogP contribution < -0.4 is 0 Å². The summed E-state index contributed by atoms with van der Waals surface area (Å²) in [6, 6.07) is 3.07. The van der Waals surface area contributed by atoms with E-state index in [4.69, 9.17) is 11.6 Å². The zero-order chi connectivity index (χ0) is 10.6. The van der Waals surface area contributed by atoms with Crippen molar-refractivity contribution in [2.45, 2.75) is 0 Å². The lowest BCUT2D eigenvalue weighted by molar-refractivity contribution is 0.0803. The van der Waals surface area contributed by atoms with Crippen molar-refractivity contribution in [3.05, 3.63) is 35.6 Å². The first-order valence-corrected chi connectivity index (χ1v) is 4.38. The number of nitrogens with zero attached hydrogens (tertiary/aromatic N) is 3. The molecule has 1 rings (SSSR count). The molecule has 14 heavy (non-hydrogen) atoms. The van der Waals surface area contributed by atoms with Crippen molar-refractivity contribution in [1.82, 2.24) is 15.1 Å². The van der Waals surface area contributed by atoms with E-state index < -0.39 is 0 Å². The summed E-state index contributed by atoms with van der Waals surface area (Å²) in [7, 11) is 1.67. The zero-order valence-electron chi connectivity index (χ0n) is 7.77. The molecule has 1 amide bonds. The standard InChI is InChI=1S/C9H10ClN3O/c1-3-6-13(2)9(14)7-4-5-8(10)12-11-7/h3-5H,1,6H2,2H3. The first-order chi connectivity index (χ1) is 6.65. The SMILES string of the molecule is C=CCN(C)C(=O)c1ccc(Cl)nn1. The van der Waals surface area contributed by atoms with Gasteiger partial charge in [0, 0.05) is 13.6 Å². The Hall–Kier alpha value is -1.42. The minimum Gasteiger partial charge on any atom is -0.337 e. The fraction of sp³-hybridized carbons (Fsp3) is 0.222. The average molecular weight is 212 g/mol. The lowest BCUT2D eigenvalue weighted by atomic mass is 10.3. The molecule has 0 saturated heterocycles. The maximum absolute atomic E-state index is 11.6. The second kappa shape index (κ2) is 4.72. The third-order valence-electron chi connectivity index (χ3n) is 1.60. The molecule has 0 radical (unpaired) electrons. The Morgan fingerprint density at radius 1 is 1.64 bits per heavy atom. The molecule has 1 aromatic rings. The van der Waals surface area contributed by atoms with Crippen LogP contribution in [0.2, 0.25) is 5.15 Å². The third-order valence-corrected chi connectivity index (χ3v) is 1.80. The number of amides is 1. The second-order valence-electron chi connectivity index (χ2n) is 2.72. The van der Waals surface area contributed by atoms with E-state index in [0.29, 0.717) is 6.54 Å². The summed E-state index contributed by atoms with van der Waals surface area (Å²) in [6.07, 6.45) is 1.64. The molecule has 0 aromatic carbocycles. The van der Waals surface area contributed by atoms with Crippen LogP contribution in [0.1, 0.15) is 10.5 Å². The maximum Gasteiger partial charge on any atom is 0.274 e. The summed E-state index contributed by atoms with van der Waals surface area (Å²) in [4.78, 5) is 13.1. The van der Waals surface area contributed by atoms with Crippen LogP contribution in [0.15, 0.2) is 24.8 Å². The number of hydrogen-bond acceptors (Lipinski definition) is 3. The van der Waals surface area contributed by atoms with Gasteiger partial charge in [-0.1, -0.05) is 17.7 Å². The van der Waals surface area contributed by atoms with Gasteiger partial charge in [0.1, 0.15) is 0 Å². The highest BCUT2D eigenvalue weighted by molar-refractivity contribution is 6.29. The second-order valence-corrected chi connectivity index (χ2v) is 3.10. The predicted molar refractivity (Wildman–Crippen MR) is 54.2 cm³/mol. The van der Waals surface area contributed by atoms with E-state index in [1.165, 1.54) is 17.0 Å². The van der Waals surface area contributed by atoms with Crippen LogP contribution in [0, 0.1) is 0 Å². The van der Waals surface area contributed by atoms with Crippen LogP contribution in [-0.2, 0) is 0 Å². The highest BCUT2D eigenvalue weighted by Gasteiger charge is 2.11. The molecule has 0 atom stereocenters. The number of hydrogen-bond donors (Lipinski definition) is 0. The Labute approximate surface area is 87.2 Å². The smallest absolute Gasteiger partial charge is 0.274 e. The quantitative estimate of drug-likeness (QED) is 0.710. The molecule has 4 nitrogen and oxygen atoms in total. The molecule has 0 aliphatic rings. The Bertz CT molecular complexity index is 336. The summed E-state index contributed by atoms with van der Waals surface area (Å²) in [5.74, 6) is -0.200. The highest BCUT2D eigenvalue weighted by Crippen LogP contribution is 2.04. The van der Waals surface area contributed by atoms with Gasteiger partial charge in [-0.2, -0.15) is 0 Å². The van der Waals surface area contributed by atoms with E-state index in [1.54, 1.807) is 13.1 Å². The van der Waals surface area contributed by atoms with Gasteiger partial charge in [0.2, 0.25) is 0 Å². The Morgan fingerprint density at radius 3 is 2.86 bits per heavy atom. The molecule has 1 aromatic heterocycles. The van der Waals surface area contributed by atoms with Crippen molar-refractivity contribution < 1.29 is 4.79 Å². The normalized spacial score (nSPS) is 9.57. The Morgan fingerprint density at radius 2 is 2.36 bits per heavy atom. The Balaban J connectivity index is 2.78. The van der Waals surface area contributed by atoms with Crippen LogP contribution in [-0.4, -0.2) is 34.6 Å². The molecule has 0 bridgehead atoms. The van der Waals surface area contributed by atoms with Crippen molar-refractivity contribution in [2.24, 2.45) is 0 Å². The van der Waals surface area contributed by atoms with E-state index in [2.05, 4.69) is 16.8 Å². The van der Waals surface area contributed by atoms with Crippen LogP contribution in [0.4, 0.5) is 0 Å². The van der Waals surface area contributed by atoms with E-state index >= 15 is 0 Å². The van der Waals surface area contributed by atoms with Gasteiger partial charge in [0.25, 0.3) is 5.91 Å². The molecule has 0 unspecified atom stereocenters. The molecule has 0 aliphatic heterocycles. The monoisotopic (exact) mass is 211 g/mol. The van der Waals surface area contributed by atoms with Crippen LogP contribution in [0.25, 0.3) is 0 Å². The summed E-state index contributed by atoms with van der Waals surface area (Å²) < 4.78 is 0. The minimum absolute atomic E-state index is 0.200. The largest absolute Gasteiger partial charge is 0.337 e. The summed E-state index contributed by atoms with van der Waals surface area (Å²) in [5.41, 5.74) is 0.277. The van der Waals surface area contributed by atoms with Crippen molar-refractivity contribution in [3.8, 4) is 0 Å². The van der Waals surface area contributed by atoms with Gasteiger partial charge in [-0.15, -0.1) is 16.8 Å². The van der Waals surface area contributed by atoms with Gasteiger partial charge in [0.15, 0.2) is 10.8 Å². The van der Waals surface area contributed by atoms with Crippen molar-refractivity contribution in [3.63, 3.8) is 0 Å². The van der Waals surface area contributed by atoms with Crippen LogP contribution in [0.3, 0.4) is 0 Å². The number of aromatic nitrogens is 2. The van der Waals surface area contributed by atoms with Gasteiger partial charge >= 0.3 is 0 Å². The fourth-order valence-corrected chi connectivity index (χ4v) is 1.00. The lowest BCUT2D eigenvalue weighted by Crippen LogP contribution is -2.27. The molecular weight excluding hydrogens is 202 g/mol. The molecule has 0 saturated carbocycles. The summed E-state index contributed by atoms with van der Waals surface area (Å²) in [6.45, 7) is 4.02. The van der Waals surface area contributed by atoms with Crippen molar-refractivity contribution >= 4 is 17.5 Å². The van der Waals surface area contributed by atoms with Crippen LogP contribution >= 0.6 is 11.6 Å². The van der Waals surface area contributed by atoms with E-state index in [9.17, 15) is 4.79 Å². The van der Waals surface area contributed by atoms with Gasteiger partial charge in [-0.05, 0) is 12.1 Å². The molecule has 0 aliphatic carbocycles. The van der Waals surface area contributed by atoms with Gasteiger partial charge in [-0.25, -0.2) is 0 Å². The summed E-state index contributed by atoms with van der Waals surface area (Å²) in [5, 5.41) is 7.53. The maximum atomic E-state index is 11.6. The van der Waals surface area contributed by atoms with Gasteiger partial charge < -0.3 is 4.90 Å². The zero-order valence-corrected chi connectivity index (χ0v) is 8.53. The summed E-state index contributed by atoms with van der Waals surface area (Å²) >= 11 is 5.54. The molecule has 0 fully saturated rings. The highest BCUT2D eigenvalue weighted by atomic mass is 35.5. The topological polar surface area (TPSA) is 46.1 Å². The Kier molecular flexibility index (Phi) is 3.59. The number of likely N-dealkylation sites (N-methyl/N-ethyl adjacent to an activating group) is 1. The number of carbonyl (C=O) groups excluding carboxylic acids is 1. The molecule has 1 heterocycles. The molecule has 0 spiro atoms. The van der Waals surface area contributed by atoms with Crippen LogP contribution in [0.5, 0.6) is 0 Å². The molecule has 0 N–H and O–H groups in total. The first kappa shape index (κ1) is 10.7. The lowest BCUT2D eigenvalue weighted by Gasteiger charge is -2.13. The van der Waals surface area contributed by atoms with E-state index in [0.717, 1.165) is 0 Å². The number of halogens is 1. The van der Waals surface area contributed by atoms with Gasteiger partial charge in [0.05, 0.1) is 0 Å².